The van der Waals surface area contributed by atoms with Crippen LogP contribution in [-0.2, 0) is 4.79 Å². The normalized spacial score (nSPS) is 19.0. The Hall–Kier alpha value is -2.95. The van der Waals surface area contributed by atoms with Crippen molar-refractivity contribution in [1.29, 1.82) is 0 Å². The maximum atomic E-state index is 13.3. The van der Waals surface area contributed by atoms with E-state index in [4.69, 9.17) is 0 Å². The number of benzene rings is 2. The highest BCUT2D eigenvalue weighted by atomic mass is 19.1. The minimum atomic E-state index is -0.264. The number of carbonyl (C=O) groups excluding carboxylic acids is 1. The van der Waals surface area contributed by atoms with Gasteiger partial charge in [0.1, 0.15) is 5.82 Å². The lowest BCUT2D eigenvalue weighted by molar-refractivity contribution is -0.117. The molecule has 4 rings (SSSR count). The number of aromatic nitrogens is 2. The van der Waals surface area contributed by atoms with Crippen molar-refractivity contribution in [1.82, 2.24) is 9.78 Å². The summed E-state index contributed by atoms with van der Waals surface area (Å²) in [7, 11) is 0. The van der Waals surface area contributed by atoms with E-state index in [0.717, 1.165) is 17.7 Å². The third-order valence-corrected chi connectivity index (χ3v) is 4.27. The second kappa shape index (κ2) is 5.92. The molecule has 0 radical (unpaired) electrons. The molecule has 0 aliphatic heterocycles. The van der Waals surface area contributed by atoms with Gasteiger partial charge in [-0.25, -0.2) is 9.07 Å². The summed E-state index contributed by atoms with van der Waals surface area (Å²) in [4.78, 5) is 12.3. The van der Waals surface area contributed by atoms with Crippen LogP contribution in [0.5, 0.6) is 0 Å². The number of halogens is 1. The van der Waals surface area contributed by atoms with Gasteiger partial charge in [0.15, 0.2) is 5.82 Å². The fourth-order valence-electron chi connectivity index (χ4n) is 2.92. The lowest BCUT2D eigenvalue weighted by Gasteiger charge is -2.03. The first-order chi connectivity index (χ1) is 11.7. The molecule has 0 bridgehead atoms. The maximum Gasteiger partial charge on any atom is 0.229 e. The first kappa shape index (κ1) is 14.6. The van der Waals surface area contributed by atoms with E-state index in [1.807, 2.05) is 42.6 Å². The number of nitrogens with one attached hydrogen (secondary N) is 1. The van der Waals surface area contributed by atoms with Crippen molar-refractivity contribution in [3.63, 3.8) is 0 Å². The molecule has 1 N–H and O–H groups in total. The molecule has 1 fully saturated rings. The number of anilines is 1. The lowest BCUT2D eigenvalue weighted by atomic mass is 10.1. The van der Waals surface area contributed by atoms with Crippen LogP contribution in [0.4, 0.5) is 10.2 Å². The van der Waals surface area contributed by atoms with Crippen LogP contribution in [0.15, 0.2) is 66.9 Å². The second-order valence-electron chi connectivity index (χ2n) is 5.97. The van der Waals surface area contributed by atoms with E-state index in [1.54, 1.807) is 16.8 Å². The Morgan fingerprint density at radius 1 is 1.12 bits per heavy atom. The summed E-state index contributed by atoms with van der Waals surface area (Å²) in [6.07, 6.45) is 2.55. The standard InChI is InChI=1S/C19H16FN3O/c20-14-6-4-5-13(11-14)16-12-17(16)19(24)21-18-9-10-23(22-18)15-7-2-1-3-8-15/h1-11,16-17H,12H2,(H,21,22,24)/t16-,17-/m1/s1. The molecule has 1 aliphatic carbocycles. The molecule has 24 heavy (non-hydrogen) atoms. The highest BCUT2D eigenvalue weighted by molar-refractivity contribution is 5.94. The summed E-state index contributed by atoms with van der Waals surface area (Å²) >= 11 is 0. The van der Waals surface area contributed by atoms with E-state index in [2.05, 4.69) is 10.4 Å². The summed E-state index contributed by atoms with van der Waals surface area (Å²) in [5.41, 5.74) is 1.81. The Labute approximate surface area is 138 Å². The zero-order valence-electron chi connectivity index (χ0n) is 12.9. The Morgan fingerprint density at radius 3 is 2.75 bits per heavy atom. The molecule has 1 aromatic heterocycles. The lowest BCUT2D eigenvalue weighted by Crippen LogP contribution is -2.15. The third kappa shape index (κ3) is 2.93. The monoisotopic (exact) mass is 321 g/mol. The quantitative estimate of drug-likeness (QED) is 0.795. The number of nitrogens with zero attached hydrogens (tertiary/aromatic N) is 2. The highest BCUT2D eigenvalue weighted by Crippen LogP contribution is 2.48. The zero-order valence-corrected chi connectivity index (χ0v) is 12.9. The van der Waals surface area contributed by atoms with Crippen molar-refractivity contribution in [2.45, 2.75) is 12.3 Å². The molecule has 0 saturated heterocycles. The Bertz CT molecular complexity index is 875. The number of para-hydroxylation sites is 1. The molecule has 0 unspecified atom stereocenters. The molecule has 1 heterocycles. The molecular weight excluding hydrogens is 305 g/mol. The molecule has 1 saturated carbocycles. The molecule has 3 aromatic rings. The SMILES string of the molecule is O=C(Nc1ccn(-c2ccccc2)n1)[C@@H]1C[C@@H]1c1cccc(F)c1. The van der Waals surface area contributed by atoms with Crippen molar-refractivity contribution in [3.8, 4) is 5.69 Å². The fourth-order valence-corrected chi connectivity index (χ4v) is 2.92. The first-order valence-electron chi connectivity index (χ1n) is 7.88. The van der Waals surface area contributed by atoms with Gasteiger partial charge in [-0.05, 0) is 42.2 Å². The molecule has 4 nitrogen and oxygen atoms in total. The minimum absolute atomic E-state index is 0.0671. The molecule has 2 aromatic carbocycles. The van der Waals surface area contributed by atoms with E-state index in [9.17, 15) is 9.18 Å². The Morgan fingerprint density at radius 2 is 1.96 bits per heavy atom. The van der Waals surface area contributed by atoms with Gasteiger partial charge in [0.05, 0.1) is 5.69 Å². The topological polar surface area (TPSA) is 46.9 Å². The summed E-state index contributed by atoms with van der Waals surface area (Å²) in [5, 5.41) is 7.21. The molecule has 2 atom stereocenters. The maximum absolute atomic E-state index is 13.3. The van der Waals surface area contributed by atoms with Crippen molar-refractivity contribution in [2.24, 2.45) is 5.92 Å². The summed E-state index contributed by atoms with van der Waals surface area (Å²) in [5.74, 6) is 0.169. The Kier molecular flexibility index (Phi) is 3.61. The van der Waals surface area contributed by atoms with Gasteiger partial charge >= 0.3 is 0 Å². The number of rotatable bonds is 4. The molecular formula is C19H16FN3O. The van der Waals surface area contributed by atoms with Crippen LogP contribution in [0.25, 0.3) is 5.69 Å². The summed E-state index contributed by atoms with van der Waals surface area (Å²) in [6.45, 7) is 0. The van der Waals surface area contributed by atoms with E-state index < -0.39 is 0 Å². The van der Waals surface area contributed by atoms with Gasteiger partial charge in [-0.15, -0.1) is 0 Å². The number of amides is 1. The second-order valence-corrected chi connectivity index (χ2v) is 5.97. The third-order valence-electron chi connectivity index (χ3n) is 4.27. The van der Waals surface area contributed by atoms with E-state index in [0.29, 0.717) is 5.82 Å². The van der Waals surface area contributed by atoms with Crippen LogP contribution in [0, 0.1) is 11.7 Å². The van der Waals surface area contributed by atoms with E-state index in [-0.39, 0.29) is 23.6 Å². The Balaban J connectivity index is 1.42. The average Bonchev–Trinajstić information content (AvgIpc) is 3.28. The van der Waals surface area contributed by atoms with Crippen LogP contribution >= 0.6 is 0 Å². The molecule has 1 amide bonds. The van der Waals surface area contributed by atoms with E-state index >= 15 is 0 Å². The van der Waals surface area contributed by atoms with Gasteiger partial charge in [-0.2, -0.15) is 5.10 Å². The average molecular weight is 321 g/mol. The fraction of sp³-hybridized carbons (Fsp3) is 0.158. The number of carbonyl (C=O) groups is 1. The number of hydrogen-bond acceptors (Lipinski definition) is 2. The predicted molar refractivity (Wildman–Crippen MR) is 89.4 cm³/mol. The van der Waals surface area contributed by atoms with Gasteiger partial charge in [0.2, 0.25) is 5.91 Å². The van der Waals surface area contributed by atoms with Gasteiger partial charge in [0.25, 0.3) is 0 Å². The van der Waals surface area contributed by atoms with Crippen LogP contribution in [-0.4, -0.2) is 15.7 Å². The first-order valence-corrected chi connectivity index (χ1v) is 7.88. The van der Waals surface area contributed by atoms with Crippen molar-refractivity contribution in [3.05, 3.63) is 78.2 Å². The van der Waals surface area contributed by atoms with Gasteiger partial charge in [0, 0.05) is 18.2 Å². The van der Waals surface area contributed by atoms with Crippen molar-refractivity contribution in [2.75, 3.05) is 5.32 Å². The summed E-state index contributed by atoms with van der Waals surface area (Å²) in [6, 6.07) is 17.9. The van der Waals surface area contributed by atoms with Crippen molar-refractivity contribution < 1.29 is 9.18 Å². The van der Waals surface area contributed by atoms with Crippen molar-refractivity contribution >= 4 is 11.7 Å². The van der Waals surface area contributed by atoms with Gasteiger partial charge in [-0.1, -0.05) is 30.3 Å². The molecule has 5 heteroatoms. The van der Waals surface area contributed by atoms with Crippen LogP contribution in [0.3, 0.4) is 0 Å². The number of hydrogen-bond donors (Lipinski definition) is 1. The zero-order chi connectivity index (χ0) is 16.5. The van der Waals surface area contributed by atoms with Crippen LogP contribution < -0.4 is 5.32 Å². The molecule has 1 aliphatic rings. The van der Waals surface area contributed by atoms with Crippen LogP contribution in [0.2, 0.25) is 0 Å². The van der Waals surface area contributed by atoms with E-state index in [1.165, 1.54) is 12.1 Å². The van der Waals surface area contributed by atoms with Gasteiger partial charge in [-0.3, -0.25) is 4.79 Å². The van der Waals surface area contributed by atoms with Crippen LogP contribution in [0.1, 0.15) is 17.9 Å². The molecule has 120 valence electrons. The summed E-state index contributed by atoms with van der Waals surface area (Å²) < 4.78 is 15.0. The smallest absolute Gasteiger partial charge is 0.229 e. The predicted octanol–water partition coefficient (Wildman–Crippen LogP) is 3.75. The molecule has 0 spiro atoms. The minimum Gasteiger partial charge on any atom is -0.309 e. The van der Waals surface area contributed by atoms with Gasteiger partial charge < -0.3 is 5.32 Å². The highest BCUT2D eigenvalue weighted by Gasteiger charge is 2.44. The largest absolute Gasteiger partial charge is 0.309 e.